The summed E-state index contributed by atoms with van der Waals surface area (Å²) >= 11 is 6.79. The van der Waals surface area contributed by atoms with Crippen molar-refractivity contribution in [1.29, 1.82) is 0 Å². The molecule has 0 bridgehead atoms. The quantitative estimate of drug-likeness (QED) is 0.257. The van der Waals surface area contributed by atoms with Crippen molar-refractivity contribution in [2.24, 2.45) is 0 Å². The minimum atomic E-state index is -3.53. The molecule has 0 unspecified atom stereocenters. The average Bonchev–Trinajstić information content (AvgIpc) is 3.48. The standard InChI is InChI=1S/C28H30N4O3S3/c1-2-3-18-31-27(33)25(37-28(31)36)19-22-20-32(23-10-6-4-7-11-23)29-26(22)21-12-14-24(15-13-21)38(34,35)30-16-8-5-9-17-30/h4,6-7,10-15,19-20H,2-3,5,8-9,16-18H2,1H3. The lowest BCUT2D eigenvalue weighted by Gasteiger charge is -2.25. The van der Waals surface area contributed by atoms with Crippen molar-refractivity contribution in [3.63, 3.8) is 0 Å². The molecule has 1 aromatic heterocycles. The molecule has 1 amide bonds. The molecule has 2 aliphatic rings. The molecule has 3 heterocycles. The molecule has 38 heavy (non-hydrogen) atoms. The highest BCUT2D eigenvalue weighted by atomic mass is 32.2. The number of rotatable bonds is 8. The molecule has 3 aromatic rings. The van der Waals surface area contributed by atoms with Crippen LogP contribution >= 0.6 is 24.0 Å². The lowest BCUT2D eigenvalue weighted by Crippen LogP contribution is -2.35. The van der Waals surface area contributed by atoms with Crippen molar-refractivity contribution < 1.29 is 13.2 Å². The molecule has 0 aliphatic carbocycles. The topological polar surface area (TPSA) is 75.5 Å². The Morgan fingerprint density at radius 1 is 1.03 bits per heavy atom. The molecule has 2 aliphatic heterocycles. The summed E-state index contributed by atoms with van der Waals surface area (Å²) in [4.78, 5) is 15.6. The number of carbonyl (C=O) groups excluding carboxylic acids is 1. The third-order valence-corrected chi connectivity index (χ3v) is 10.0. The van der Waals surface area contributed by atoms with Crippen LogP contribution < -0.4 is 0 Å². The predicted octanol–water partition coefficient (Wildman–Crippen LogP) is 5.72. The fourth-order valence-corrected chi connectivity index (χ4v) is 7.44. The third kappa shape index (κ3) is 5.49. The van der Waals surface area contributed by atoms with E-state index in [-0.39, 0.29) is 10.8 Å². The molecule has 0 saturated carbocycles. The van der Waals surface area contributed by atoms with Crippen LogP contribution in [0.5, 0.6) is 0 Å². The molecule has 2 fully saturated rings. The lowest BCUT2D eigenvalue weighted by atomic mass is 10.1. The van der Waals surface area contributed by atoms with Gasteiger partial charge in [0.15, 0.2) is 0 Å². The second-order valence-corrected chi connectivity index (χ2v) is 13.0. The number of hydrogen-bond acceptors (Lipinski definition) is 6. The van der Waals surface area contributed by atoms with E-state index in [4.69, 9.17) is 17.3 Å². The molecule has 0 N–H and O–H groups in total. The molecule has 198 valence electrons. The van der Waals surface area contributed by atoms with Crippen molar-refractivity contribution in [3.8, 4) is 16.9 Å². The number of carbonyl (C=O) groups is 1. The number of thiocarbonyl (C=S) groups is 1. The number of benzene rings is 2. The van der Waals surface area contributed by atoms with E-state index in [1.807, 2.05) is 42.6 Å². The minimum Gasteiger partial charge on any atom is -0.293 e. The van der Waals surface area contributed by atoms with Gasteiger partial charge in [-0.3, -0.25) is 9.69 Å². The molecule has 5 rings (SSSR count). The highest BCUT2D eigenvalue weighted by Gasteiger charge is 2.32. The van der Waals surface area contributed by atoms with Gasteiger partial charge < -0.3 is 0 Å². The van der Waals surface area contributed by atoms with E-state index in [0.717, 1.165) is 48.9 Å². The van der Waals surface area contributed by atoms with Crippen LogP contribution in [0.4, 0.5) is 0 Å². The van der Waals surface area contributed by atoms with Gasteiger partial charge in [0.05, 0.1) is 21.2 Å². The maximum Gasteiger partial charge on any atom is 0.266 e. The Labute approximate surface area is 233 Å². The third-order valence-electron chi connectivity index (χ3n) is 6.74. The number of para-hydroxylation sites is 1. The molecule has 0 spiro atoms. The summed E-state index contributed by atoms with van der Waals surface area (Å²) in [6.45, 7) is 3.82. The Morgan fingerprint density at radius 2 is 1.74 bits per heavy atom. The summed E-state index contributed by atoms with van der Waals surface area (Å²) in [5.41, 5.74) is 3.07. The average molecular weight is 567 g/mol. The number of hydrogen-bond donors (Lipinski definition) is 0. The van der Waals surface area contributed by atoms with Crippen LogP contribution in [0.15, 0.2) is 70.6 Å². The SMILES string of the molecule is CCCCN1C(=O)C(=Cc2cn(-c3ccccc3)nc2-c2ccc(S(=O)(=O)N3CCCCC3)cc2)SC1=S. The first-order valence-corrected chi connectivity index (χ1v) is 15.6. The van der Waals surface area contributed by atoms with Gasteiger partial charge in [0.1, 0.15) is 4.32 Å². The zero-order valence-corrected chi connectivity index (χ0v) is 23.7. The Hall–Kier alpha value is -2.79. The van der Waals surface area contributed by atoms with E-state index in [1.54, 1.807) is 38.2 Å². The number of unbranched alkanes of at least 4 members (excludes halogenated alkanes) is 1. The molecule has 0 radical (unpaired) electrons. The zero-order valence-electron chi connectivity index (χ0n) is 21.2. The number of amides is 1. The van der Waals surface area contributed by atoms with Crippen LogP contribution in [0.2, 0.25) is 0 Å². The molecule has 2 saturated heterocycles. The van der Waals surface area contributed by atoms with Crippen molar-refractivity contribution in [1.82, 2.24) is 19.0 Å². The van der Waals surface area contributed by atoms with Gasteiger partial charge in [0, 0.05) is 37.0 Å². The smallest absolute Gasteiger partial charge is 0.266 e. The Kier molecular flexibility index (Phi) is 8.13. The molecule has 10 heteroatoms. The van der Waals surface area contributed by atoms with Crippen LogP contribution in [0.25, 0.3) is 23.0 Å². The first-order chi connectivity index (χ1) is 18.4. The van der Waals surface area contributed by atoms with Crippen molar-refractivity contribution in [2.75, 3.05) is 19.6 Å². The van der Waals surface area contributed by atoms with Crippen LogP contribution in [-0.4, -0.2) is 57.3 Å². The zero-order chi connectivity index (χ0) is 26.7. The summed E-state index contributed by atoms with van der Waals surface area (Å²) < 4.78 is 30.2. The number of nitrogens with zero attached hydrogens (tertiary/aromatic N) is 4. The summed E-state index contributed by atoms with van der Waals surface area (Å²) in [6.07, 6.45) is 8.45. The van der Waals surface area contributed by atoms with Crippen LogP contribution in [0.3, 0.4) is 0 Å². The fourth-order valence-electron chi connectivity index (χ4n) is 4.62. The largest absolute Gasteiger partial charge is 0.293 e. The second kappa shape index (κ2) is 11.5. The first kappa shape index (κ1) is 26.8. The van der Waals surface area contributed by atoms with Gasteiger partial charge in [-0.05, 0) is 49.6 Å². The number of piperidine rings is 1. The first-order valence-electron chi connectivity index (χ1n) is 12.9. The predicted molar refractivity (Wildman–Crippen MR) is 156 cm³/mol. The van der Waals surface area contributed by atoms with Gasteiger partial charge in [0.25, 0.3) is 5.91 Å². The van der Waals surface area contributed by atoms with Gasteiger partial charge >= 0.3 is 0 Å². The van der Waals surface area contributed by atoms with E-state index in [9.17, 15) is 13.2 Å². The second-order valence-electron chi connectivity index (χ2n) is 9.39. The lowest BCUT2D eigenvalue weighted by molar-refractivity contribution is -0.122. The van der Waals surface area contributed by atoms with E-state index in [2.05, 4.69) is 6.92 Å². The fraction of sp³-hybridized carbons (Fsp3) is 0.321. The highest BCUT2D eigenvalue weighted by Crippen LogP contribution is 2.35. The normalized spacial score (nSPS) is 18.0. The van der Waals surface area contributed by atoms with Crippen molar-refractivity contribution in [2.45, 2.75) is 43.9 Å². The number of aromatic nitrogens is 2. The summed E-state index contributed by atoms with van der Waals surface area (Å²) in [6, 6.07) is 16.6. The van der Waals surface area contributed by atoms with Crippen LogP contribution in [-0.2, 0) is 14.8 Å². The van der Waals surface area contributed by atoms with E-state index in [1.165, 1.54) is 11.8 Å². The number of sulfonamides is 1. The monoisotopic (exact) mass is 566 g/mol. The molecule has 0 atom stereocenters. The maximum atomic E-state index is 13.1. The summed E-state index contributed by atoms with van der Waals surface area (Å²) in [5, 5.41) is 4.83. The number of thioether (sulfide) groups is 1. The van der Waals surface area contributed by atoms with Gasteiger partial charge in [-0.15, -0.1) is 0 Å². The summed E-state index contributed by atoms with van der Waals surface area (Å²) in [7, 11) is -3.53. The van der Waals surface area contributed by atoms with E-state index in [0.29, 0.717) is 34.6 Å². The van der Waals surface area contributed by atoms with Crippen molar-refractivity contribution >= 4 is 50.3 Å². The maximum absolute atomic E-state index is 13.1. The van der Waals surface area contributed by atoms with Gasteiger partial charge in [-0.1, -0.05) is 74.1 Å². The Bertz CT molecular complexity index is 1460. The molecular weight excluding hydrogens is 537 g/mol. The minimum absolute atomic E-state index is 0.0881. The van der Waals surface area contributed by atoms with Gasteiger partial charge in [0.2, 0.25) is 10.0 Å². The molecular formula is C28H30N4O3S3. The highest BCUT2D eigenvalue weighted by molar-refractivity contribution is 8.26. The van der Waals surface area contributed by atoms with Crippen molar-refractivity contribution in [3.05, 3.63) is 71.3 Å². The van der Waals surface area contributed by atoms with E-state index < -0.39 is 10.0 Å². The van der Waals surface area contributed by atoms with E-state index >= 15 is 0 Å². The van der Waals surface area contributed by atoms with Gasteiger partial charge in [-0.2, -0.15) is 9.40 Å². The van der Waals surface area contributed by atoms with Crippen LogP contribution in [0.1, 0.15) is 44.6 Å². The van der Waals surface area contributed by atoms with Crippen LogP contribution in [0, 0.1) is 0 Å². The molecule has 7 nitrogen and oxygen atoms in total. The Morgan fingerprint density at radius 3 is 2.42 bits per heavy atom. The Balaban J connectivity index is 1.51. The molecule has 2 aromatic carbocycles. The summed E-state index contributed by atoms with van der Waals surface area (Å²) in [5.74, 6) is -0.0881. The van der Waals surface area contributed by atoms with Gasteiger partial charge in [-0.25, -0.2) is 13.1 Å².